The van der Waals surface area contributed by atoms with Gasteiger partial charge >= 0.3 is 5.97 Å². The molecule has 0 aliphatic carbocycles. The Bertz CT molecular complexity index is 1240. The van der Waals surface area contributed by atoms with Gasteiger partial charge in [-0.15, -0.1) is 30.4 Å². The van der Waals surface area contributed by atoms with Crippen molar-refractivity contribution in [3.05, 3.63) is 50.1 Å². The second-order valence-corrected chi connectivity index (χ2v) is 10.0. The average Bonchev–Trinajstić information content (AvgIpc) is 3.18. The number of benzene rings is 1. The molecule has 1 heterocycles. The minimum Gasteiger partial charge on any atom is -0.455 e. The molecule has 0 atom stereocenters. The molecule has 0 fully saturated rings. The summed E-state index contributed by atoms with van der Waals surface area (Å²) >= 11 is 0.341. The number of rotatable bonds is 12. The Hall–Kier alpha value is -3.69. The Kier molecular flexibility index (Phi) is 7.97. The molecule has 180 valence electrons. The highest BCUT2D eigenvalue weighted by Gasteiger charge is 2.23. The van der Waals surface area contributed by atoms with Crippen molar-refractivity contribution < 1.29 is 46.2 Å². The van der Waals surface area contributed by atoms with Gasteiger partial charge in [-0.25, -0.2) is 26.8 Å². The number of anilines is 1. The number of hydrogen-bond donors (Lipinski definition) is 2. The fourth-order valence-electron chi connectivity index (χ4n) is 1.95. The summed E-state index contributed by atoms with van der Waals surface area (Å²) in [6.45, 7) is -1.79. The molecule has 0 spiro atoms. The minimum absolute atomic E-state index is 0.341. The predicted molar refractivity (Wildman–Crippen MR) is 104 cm³/mol. The quantitative estimate of drug-likeness (QED) is 0.189. The fraction of sp³-hybridized carbons (Fsp3) is 0.250. The van der Waals surface area contributed by atoms with E-state index in [1.807, 2.05) is 4.72 Å². The van der Waals surface area contributed by atoms with Gasteiger partial charge in [-0.1, -0.05) is 17.4 Å². The van der Waals surface area contributed by atoms with Gasteiger partial charge in [0.15, 0.2) is 0 Å². The highest BCUT2D eigenvalue weighted by atomic mass is 32.2. The van der Waals surface area contributed by atoms with E-state index in [2.05, 4.69) is 19.9 Å². The first kappa shape index (κ1) is 25.6. The lowest BCUT2D eigenvalue weighted by atomic mass is 10.2. The number of esters is 1. The van der Waals surface area contributed by atoms with Crippen LogP contribution in [-0.2, 0) is 34.5 Å². The third-order valence-electron chi connectivity index (χ3n) is 3.26. The van der Waals surface area contributed by atoms with Crippen LogP contribution in [0.2, 0.25) is 0 Å². The summed E-state index contributed by atoms with van der Waals surface area (Å²) in [6, 6.07) is 4.21. The normalized spacial score (nSPS) is 11.6. The number of ether oxygens (including phenoxy) is 1. The molecule has 0 aliphatic rings. The molecule has 0 amide bonds. The largest absolute Gasteiger partial charge is 0.455 e. The lowest BCUT2D eigenvalue weighted by molar-refractivity contribution is -0.768. The first-order chi connectivity index (χ1) is 15.3. The van der Waals surface area contributed by atoms with Gasteiger partial charge in [0.1, 0.15) is 19.3 Å². The molecule has 18 nitrogen and oxygen atoms in total. The molecule has 0 aliphatic heterocycles. The van der Waals surface area contributed by atoms with Gasteiger partial charge in [-0.3, -0.25) is 4.72 Å². The summed E-state index contributed by atoms with van der Waals surface area (Å²) in [6.07, 6.45) is -1.58. The summed E-state index contributed by atoms with van der Waals surface area (Å²) < 4.78 is 53.6. The van der Waals surface area contributed by atoms with Crippen molar-refractivity contribution in [2.75, 3.05) is 17.9 Å². The maximum atomic E-state index is 12.5. The van der Waals surface area contributed by atoms with E-state index in [-0.39, 0.29) is 5.56 Å². The van der Waals surface area contributed by atoms with Crippen molar-refractivity contribution >= 4 is 42.5 Å². The SMILES string of the molecule is NS(=O)(=O)c1nnc(NS(=O)(=O)c2cccc(C(=O)OC(CO[N+](=O)[O-])CO[N+](=O)[O-])c2)s1. The van der Waals surface area contributed by atoms with Crippen molar-refractivity contribution in [1.82, 2.24) is 10.2 Å². The van der Waals surface area contributed by atoms with E-state index < -0.39 is 69.9 Å². The molecular weight excluding hydrogens is 516 g/mol. The Labute approximate surface area is 187 Å². The van der Waals surface area contributed by atoms with Gasteiger partial charge in [0, 0.05) is 0 Å². The number of aromatic nitrogens is 2. The zero-order chi connectivity index (χ0) is 24.8. The van der Waals surface area contributed by atoms with Crippen LogP contribution in [0.1, 0.15) is 10.4 Å². The van der Waals surface area contributed by atoms with Gasteiger partial charge < -0.3 is 14.4 Å². The summed E-state index contributed by atoms with van der Waals surface area (Å²) in [7, 11) is -8.59. The maximum absolute atomic E-state index is 12.5. The standard InChI is InChI=1S/C12H12N6O12S3/c13-32(24,25)12-15-14-11(31-12)16-33(26,27)9-3-1-2-7(4-9)10(19)30-8(5-28-17(20)21)6-29-18(22)23/h1-4,8H,5-6H2,(H,14,16)(H2,13,24,25). The summed E-state index contributed by atoms with van der Waals surface area (Å²) in [4.78, 5) is 40.5. The molecule has 0 saturated carbocycles. The number of nitrogens with two attached hydrogens (primary N) is 1. The number of hydrogen-bond acceptors (Lipinski definition) is 15. The van der Waals surface area contributed by atoms with Crippen LogP contribution < -0.4 is 9.86 Å². The third kappa shape index (κ3) is 7.74. The van der Waals surface area contributed by atoms with E-state index in [1.165, 1.54) is 0 Å². The lowest BCUT2D eigenvalue weighted by Crippen LogP contribution is -2.30. The van der Waals surface area contributed by atoms with Gasteiger partial charge in [0.25, 0.3) is 30.2 Å². The molecule has 33 heavy (non-hydrogen) atoms. The van der Waals surface area contributed by atoms with E-state index in [0.717, 1.165) is 24.3 Å². The van der Waals surface area contributed by atoms with Crippen LogP contribution in [-0.4, -0.2) is 62.5 Å². The highest BCUT2D eigenvalue weighted by Crippen LogP contribution is 2.22. The van der Waals surface area contributed by atoms with E-state index in [9.17, 15) is 41.9 Å². The third-order valence-corrected chi connectivity index (χ3v) is 6.87. The van der Waals surface area contributed by atoms with Crippen molar-refractivity contribution in [2.24, 2.45) is 5.14 Å². The van der Waals surface area contributed by atoms with E-state index in [1.54, 1.807) is 0 Å². The van der Waals surface area contributed by atoms with E-state index in [0.29, 0.717) is 11.3 Å². The van der Waals surface area contributed by atoms with Crippen LogP contribution in [0.25, 0.3) is 0 Å². The maximum Gasteiger partial charge on any atom is 0.338 e. The van der Waals surface area contributed by atoms with Crippen molar-refractivity contribution in [2.45, 2.75) is 15.3 Å². The van der Waals surface area contributed by atoms with E-state index in [4.69, 9.17) is 9.88 Å². The number of sulfonamides is 2. The molecule has 1 aromatic carbocycles. The Morgan fingerprint density at radius 3 is 2.24 bits per heavy atom. The summed E-state index contributed by atoms with van der Waals surface area (Å²) in [5.41, 5.74) is -0.354. The molecule has 1 aromatic heterocycles. The Morgan fingerprint density at radius 1 is 1.12 bits per heavy atom. The van der Waals surface area contributed by atoms with Gasteiger partial charge in [0.05, 0.1) is 10.5 Å². The van der Waals surface area contributed by atoms with Crippen molar-refractivity contribution in [3.63, 3.8) is 0 Å². The summed E-state index contributed by atoms with van der Waals surface area (Å²) in [5.74, 6) is -1.21. The number of nitrogens with zero attached hydrogens (tertiary/aromatic N) is 4. The smallest absolute Gasteiger partial charge is 0.338 e. The topological polar surface area (TPSA) is 263 Å². The zero-order valence-corrected chi connectivity index (χ0v) is 18.2. The second-order valence-electron chi connectivity index (χ2n) is 5.62. The molecule has 0 bridgehead atoms. The van der Waals surface area contributed by atoms with Crippen LogP contribution in [0.3, 0.4) is 0 Å². The minimum atomic E-state index is -4.39. The van der Waals surface area contributed by atoms with Gasteiger partial charge in [-0.05, 0) is 18.2 Å². The predicted octanol–water partition coefficient (Wildman–Crippen LogP) is -1.07. The van der Waals surface area contributed by atoms with E-state index >= 15 is 0 Å². The van der Waals surface area contributed by atoms with Crippen LogP contribution in [0.4, 0.5) is 5.13 Å². The Balaban J connectivity index is 2.18. The number of carbonyl (C=O) groups excluding carboxylic acids is 1. The van der Waals surface area contributed by atoms with Crippen LogP contribution in [0, 0.1) is 20.2 Å². The Morgan fingerprint density at radius 2 is 1.73 bits per heavy atom. The monoisotopic (exact) mass is 528 g/mol. The van der Waals surface area contributed by atoms with Gasteiger partial charge in [-0.2, -0.15) is 0 Å². The number of nitrogens with one attached hydrogen (secondary N) is 1. The molecule has 3 N–H and O–H groups in total. The molecule has 0 radical (unpaired) electrons. The number of carbonyl (C=O) groups is 1. The first-order valence-corrected chi connectivity index (χ1v) is 11.9. The highest BCUT2D eigenvalue weighted by molar-refractivity contribution is 7.93. The molecule has 2 rings (SSSR count). The molecule has 21 heteroatoms. The molecule has 2 aromatic rings. The zero-order valence-electron chi connectivity index (χ0n) is 15.8. The van der Waals surface area contributed by atoms with Crippen LogP contribution in [0.5, 0.6) is 0 Å². The fourth-order valence-corrected chi connectivity index (χ4v) is 4.56. The average molecular weight is 528 g/mol. The second kappa shape index (κ2) is 10.3. The number of primary sulfonamides is 1. The van der Waals surface area contributed by atoms with Gasteiger partial charge in [0.2, 0.25) is 9.47 Å². The summed E-state index contributed by atoms with van der Waals surface area (Å²) in [5, 5.41) is 29.2. The molecular formula is C12H12N6O12S3. The first-order valence-electron chi connectivity index (χ1n) is 8.02. The lowest BCUT2D eigenvalue weighted by Gasteiger charge is -2.16. The molecule has 0 unspecified atom stereocenters. The van der Waals surface area contributed by atoms with Crippen LogP contribution >= 0.6 is 11.3 Å². The van der Waals surface area contributed by atoms with Crippen molar-refractivity contribution in [3.8, 4) is 0 Å². The molecule has 0 saturated heterocycles. The van der Waals surface area contributed by atoms with Crippen LogP contribution in [0.15, 0.2) is 33.5 Å². The van der Waals surface area contributed by atoms with Crippen molar-refractivity contribution in [1.29, 1.82) is 0 Å².